The zero-order valence-corrected chi connectivity index (χ0v) is 19.5. The molecule has 1 aromatic rings. The molecule has 7 nitrogen and oxygen atoms in total. The van der Waals surface area contributed by atoms with Crippen LogP contribution in [0, 0.1) is 17.0 Å². The highest BCUT2D eigenvalue weighted by atomic mass is 19.2. The van der Waals surface area contributed by atoms with Crippen molar-refractivity contribution >= 4 is 12.0 Å². The zero-order chi connectivity index (χ0) is 24.0. The summed E-state index contributed by atoms with van der Waals surface area (Å²) < 4.78 is 38.6. The van der Waals surface area contributed by atoms with Gasteiger partial charge in [0.1, 0.15) is 17.5 Å². The van der Waals surface area contributed by atoms with E-state index in [1.54, 1.807) is 30.6 Å². The first kappa shape index (κ1) is 24.2. The van der Waals surface area contributed by atoms with E-state index in [-0.39, 0.29) is 24.2 Å². The number of rotatable bonds is 3. The SMILES string of the molecule is CC(C)(C)OC(=O)N1CC(Oc2ccc(F)c(F)c2)C2C1CCN2C(=O)C(N)C(C)(C)C. The number of carbonyl (C=O) groups is 2. The van der Waals surface area contributed by atoms with Crippen molar-refractivity contribution in [2.45, 2.75) is 77.8 Å². The Kier molecular flexibility index (Phi) is 6.43. The molecule has 2 aliphatic rings. The van der Waals surface area contributed by atoms with Crippen LogP contribution in [0.2, 0.25) is 0 Å². The first-order chi connectivity index (χ1) is 14.7. The standard InChI is InChI=1S/C23H33F2N3O4/c1-22(2,3)19(26)20(29)27-10-9-16-18(27)17(12-28(16)21(30)32-23(4,5)6)31-13-7-8-14(24)15(25)11-13/h7-8,11,16-19H,9-10,12,26H2,1-6H3. The number of hydrogen-bond donors (Lipinski definition) is 1. The molecule has 0 radical (unpaired) electrons. The number of likely N-dealkylation sites (tertiary alicyclic amines) is 2. The van der Waals surface area contributed by atoms with E-state index in [4.69, 9.17) is 15.2 Å². The minimum Gasteiger partial charge on any atom is -0.486 e. The van der Waals surface area contributed by atoms with Crippen molar-refractivity contribution < 1.29 is 27.8 Å². The number of amides is 2. The van der Waals surface area contributed by atoms with Crippen molar-refractivity contribution in [3.63, 3.8) is 0 Å². The molecule has 1 aromatic carbocycles. The lowest BCUT2D eigenvalue weighted by atomic mass is 9.86. The summed E-state index contributed by atoms with van der Waals surface area (Å²) in [6.07, 6.45) is -0.598. The normalized spacial score (nSPS) is 24.3. The van der Waals surface area contributed by atoms with Gasteiger partial charge in [-0.15, -0.1) is 0 Å². The Morgan fingerprint density at radius 1 is 1.09 bits per heavy atom. The molecule has 9 heteroatoms. The number of nitrogens with zero attached hydrogens (tertiary/aromatic N) is 2. The third kappa shape index (κ3) is 4.98. The van der Waals surface area contributed by atoms with Gasteiger partial charge in [-0.1, -0.05) is 20.8 Å². The number of ether oxygens (including phenoxy) is 2. The summed E-state index contributed by atoms with van der Waals surface area (Å²) in [5.74, 6) is -2.12. The molecule has 3 rings (SSSR count). The van der Waals surface area contributed by atoms with Crippen LogP contribution in [0.3, 0.4) is 0 Å². The van der Waals surface area contributed by atoms with Gasteiger partial charge in [0.2, 0.25) is 5.91 Å². The Morgan fingerprint density at radius 2 is 1.75 bits per heavy atom. The molecule has 4 unspecified atom stereocenters. The van der Waals surface area contributed by atoms with Crippen LogP contribution in [0.1, 0.15) is 48.0 Å². The summed E-state index contributed by atoms with van der Waals surface area (Å²) in [6, 6.07) is 1.73. The van der Waals surface area contributed by atoms with Crippen molar-refractivity contribution in [3.8, 4) is 5.75 Å². The summed E-state index contributed by atoms with van der Waals surface area (Å²) in [5, 5.41) is 0. The van der Waals surface area contributed by atoms with E-state index < -0.39 is 46.9 Å². The Balaban J connectivity index is 1.90. The van der Waals surface area contributed by atoms with Crippen LogP contribution in [0.4, 0.5) is 13.6 Å². The average Bonchev–Trinajstić information content (AvgIpc) is 3.23. The monoisotopic (exact) mass is 453 g/mol. The largest absolute Gasteiger partial charge is 0.486 e. The summed E-state index contributed by atoms with van der Waals surface area (Å²) in [7, 11) is 0. The predicted molar refractivity (Wildman–Crippen MR) is 115 cm³/mol. The topological polar surface area (TPSA) is 85.1 Å². The third-order valence-corrected chi connectivity index (χ3v) is 5.87. The van der Waals surface area contributed by atoms with E-state index in [9.17, 15) is 18.4 Å². The second-order valence-electron chi connectivity index (χ2n) is 10.6. The van der Waals surface area contributed by atoms with Gasteiger partial charge in [-0.3, -0.25) is 9.69 Å². The molecular formula is C23H33F2N3O4. The van der Waals surface area contributed by atoms with E-state index in [0.29, 0.717) is 13.0 Å². The first-order valence-electron chi connectivity index (χ1n) is 10.9. The average molecular weight is 454 g/mol. The van der Waals surface area contributed by atoms with Gasteiger partial charge in [-0.25, -0.2) is 13.6 Å². The molecule has 178 valence electrons. The number of halogens is 2. The molecule has 2 N–H and O–H groups in total. The second kappa shape index (κ2) is 8.50. The minimum absolute atomic E-state index is 0.123. The van der Waals surface area contributed by atoms with Crippen LogP contribution in [0.5, 0.6) is 5.75 Å². The van der Waals surface area contributed by atoms with Gasteiger partial charge in [0.15, 0.2) is 11.6 Å². The van der Waals surface area contributed by atoms with Crippen LogP contribution in [-0.4, -0.2) is 64.7 Å². The first-order valence-corrected chi connectivity index (χ1v) is 10.9. The third-order valence-electron chi connectivity index (χ3n) is 5.87. The molecule has 2 saturated heterocycles. The van der Waals surface area contributed by atoms with Crippen LogP contribution in [0.25, 0.3) is 0 Å². The minimum atomic E-state index is -1.03. The number of nitrogens with two attached hydrogens (primary N) is 1. The molecule has 0 aromatic heterocycles. The summed E-state index contributed by atoms with van der Waals surface area (Å²) in [5.41, 5.74) is 5.11. The Labute approximate surface area is 187 Å². The Bertz CT molecular complexity index is 881. The highest BCUT2D eigenvalue weighted by molar-refractivity contribution is 5.83. The van der Waals surface area contributed by atoms with Gasteiger partial charge in [0.25, 0.3) is 0 Å². The lowest BCUT2D eigenvalue weighted by molar-refractivity contribution is -0.137. The van der Waals surface area contributed by atoms with Crippen molar-refractivity contribution in [1.82, 2.24) is 9.80 Å². The number of fused-ring (bicyclic) bond motifs is 1. The van der Waals surface area contributed by atoms with Gasteiger partial charge >= 0.3 is 6.09 Å². The van der Waals surface area contributed by atoms with Gasteiger partial charge in [-0.2, -0.15) is 0 Å². The quantitative estimate of drug-likeness (QED) is 0.759. The Hall–Kier alpha value is -2.42. The molecule has 2 amide bonds. The molecule has 0 aliphatic carbocycles. The van der Waals surface area contributed by atoms with Crippen molar-refractivity contribution in [1.29, 1.82) is 0 Å². The van der Waals surface area contributed by atoms with E-state index in [1.807, 2.05) is 20.8 Å². The van der Waals surface area contributed by atoms with Gasteiger partial charge < -0.3 is 20.1 Å². The van der Waals surface area contributed by atoms with Crippen molar-refractivity contribution in [2.24, 2.45) is 11.1 Å². The number of hydrogen-bond acceptors (Lipinski definition) is 5. The highest BCUT2D eigenvalue weighted by Crippen LogP contribution is 2.36. The molecule has 2 aliphatic heterocycles. The summed E-state index contributed by atoms with van der Waals surface area (Å²) >= 11 is 0. The Morgan fingerprint density at radius 3 is 2.31 bits per heavy atom. The number of benzene rings is 1. The molecule has 2 heterocycles. The lowest BCUT2D eigenvalue weighted by Gasteiger charge is -2.34. The maximum Gasteiger partial charge on any atom is 0.410 e. The molecule has 2 fully saturated rings. The molecule has 4 atom stereocenters. The predicted octanol–water partition coefficient (Wildman–Crippen LogP) is 3.31. The maximum absolute atomic E-state index is 13.7. The fourth-order valence-corrected chi connectivity index (χ4v) is 4.19. The fourth-order valence-electron chi connectivity index (χ4n) is 4.19. The lowest BCUT2D eigenvalue weighted by Crippen LogP contribution is -2.55. The number of carbonyl (C=O) groups excluding carboxylic acids is 2. The molecule has 0 spiro atoms. The van der Waals surface area contributed by atoms with E-state index >= 15 is 0 Å². The van der Waals surface area contributed by atoms with Crippen LogP contribution in [0.15, 0.2) is 18.2 Å². The smallest absolute Gasteiger partial charge is 0.410 e. The fraction of sp³-hybridized carbons (Fsp3) is 0.652. The van der Waals surface area contributed by atoms with Gasteiger partial charge in [0.05, 0.1) is 24.7 Å². The van der Waals surface area contributed by atoms with Crippen LogP contribution >= 0.6 is 0 Å². The zero-order valence-electron chi connectivity index (χ0n) is 19.5. The summed E-state index contributed by atoms with van der Waals surface area (Å²) in [6.45, 7) is 11.6. The molecular weight excluding hydrogens is 420 g/mol. The summed E-state index contributed by atoms with van der Waals surface area (Å²) in [4.78, 5) is 29.3. The van der Waals surface area contributed by atoms with Gasteiger partial charge in [0, 0.05) is 12.6 Å². The van der Waals surface area contributed by atoms with E-state index in [1.165, 1.54) is 6.07 Å². The van der Waals surface area contributed by atoms with Crippen LogP contribution in [-0.2, 0) is 9.53 Å². The molecule has 32 heavy (non-hydrogen) atoms. The highest BCUT2D eigenvalue weighted by Gasteiger charge is 2.54. The molecule has 0 saturated carbocycles. The van der Waals surface area contributed by atoms with Crippen molar-refractivity contribution in [2.75, 3.05) is 13.1 Å². The van der Waals surface area contributed by atoms with E-state index in [2.05, 4.69) is 0 Å². The second-order valence-corrected chi connectivity index (χ2v) is 10.6. The van der Waals surface area contributed by atoms with Gasteiger partial charge in [-0.05, 0) is 44.7 Å². The maximum atomic E-state index is 13.7. The van der Waals surface area contributed by atoms with E-state index in [0.717, 1.165) is 12.1 Å². The van der Waals surface area contributed by atoms with Crippen LogP contribution < -0.4 is 10.5 Å². The van der Waals surface area contributed by atoms with Crippen molar-refractivity contribution in [3.05, 3.63) is 29.8 Å². The molecule has 0 bridgehead atoms.